The van der Waals surface area contributed by atoms with Crippen LogP contribution in [0.1, 0.15) is 27.2 Å². The highest BCUT2D eigenvalue weighted by Crippen LogP contribution is 2.29. The summed E-state index contributed by atoms with van der Waals surface area (Å²) in [5.41, 5.74) is 1.24. The number of rotatable bonds is 4. The zero-order valence-electron chi connectivity index (χ0n) is 12.8. The number of hydrogen-bond acceptors (Lipinski definition) is 3. The zero-order chi connectivity index (χ0) is 14.7. The van der Waals surface area contributed by atoms with Crippen molar-refractivity contribution in [3.05, 3.63) is 22.7 Å². The molecule has 1 fully saturated rings. The first-order valence-electron chi connectivity index (χ1n) is 7.34. The van der Waals surface area contributed by atoms with Crippen LogP contribution in [-0.4, -0.2) is 32.3 Å². The largest absolute Gasteiger partial charge is 0.497 e. The van der Waals surface area contributed by atoms with Gasteiger partial charge in [0, 0.05) is 41.4 Å². The Morgan fingerprint density at radius 3 is 2.80 bits per heavy atom. The number of hydrogen-bond donors (Lipinski definition) is 1. The maximum atomic E-state index is 5.38. The summed E-state index contributed by atoms with van der Waals surface area (Å²) in [7, 11) is 1.72. The number of nitrogens with zero attached hydrogens (tertiary/aromatic N) is 1. The molecular weight excluding hydrogens is 316 g/mol. The summed E-state index contributed by atoms with van der Waals surface area (Å²) in [5, 5.41) is 3.66. The lowest BCUT2D eigenvalue weighted by Crippen LogP contribution is -2.56. The standard InChI is InChI=1S/C16H25BrN2O/c1-11(2)5-14-10-19(12(3)9-18-14)15-6-13(17)7-16(8-15)20-4/h6-8,11-12,14,18H,5,9-10H2,1-4H3. The van der Waals surface area contributed by atoms with E-state index in [2.05, 4.69) is 59.1 Å². The van der Waals surface area contributed by atoms with Crippen molar-refractivity contribution < 1.29 is 4.74 Å². The summed E-state index contributed by atoms with van der Waals surface area (Å²) < 4.78 is 6.45. The highest BCUT2D eigenvalue weighted by Gasteiger charge is 2.26. The SMILES string of the molecule is COc1cc(Br)cc(N2CC(CC(C)C)NCC2C)c1. The minimum Gasteiger partial charge on any atom is -0.497 e. The molecule has 1 heterocycles. The summed E-state index contributed by atoms with van der Waals surface area (Å²) >= 11 is 3.57. The first-order valence-corrected chi connectivity index (χ1v) is 8.13. The average Bonchev–Trinajstić information content (AvgIpc) is 2.39. The van der Waals surface area contributed by atoms with E-state index in [1.165, 1.54) is 12.1 Å². The second-order valence-electron chi connectivity index (χ2n) is 6.09. The van der Waals surface area contributed by atoms with E-state index < -0.39 is 0 Å². The summed E-state index contributed by atoms with van der Waals surface area (Å²) in [5.74, 6) is 1.63. The van der Waals surface area contributed by atoms with Gasteiger partial charge < -0.3 is 15.0 Å². The summed E-state index contributed by atoms with van der Waals surface area (Å²) in [6.07, 6.45) is 1.22. The third-order valence-corrected chi connectivity index (χ3v) is 4.29. The molecule has 0 spiro atoms. The Balaban J connectivity index is 2.18. The van der Waals surface area contributed by atoms with Crippen LogP contribution in [0, 0.1) is 5.92 Å². The van der Waals surface area contributed by atoms with Crippen LogP contribution in [0.3, 0.4) is 0 Å². The lowest BCUT2D eigenvalue weighted by molar-refractivity contribution is 0.355. The van der Waals surface area contributed by atoms with E-state index in [1.54, 1.807) is 7.11 Å². The molecule has 0 aromatic heterocycles. The maximum absolute atomic E-state index is 5.38. The van der Waals surface area contributed by atoms with Crippen molar-refractivity contribution in [2.45, 2.75) is 39.3 Å². The third-order valence-electron chi connectivity index (χ3n) is 3.83. The third kappa shape index (κ3) is 3.89. The van der Waals surface area contributed by atoms with Gasteiger partial charge in [-0.05, 0) is 31.4 Å². The predicted molar refractivity (Wildman–Crippen MR) is 88.7 cm³/mol. The molecule has 2 unspecified atom stereocenters. The van der Waals surface area contributed by atoms with Crippen LogP contribution in [0.15, 0.2) is 22.7 Å². The molecule has 112 valence electrons. The number of anilines is 1. The van der Waals surface area contributed by atoms with Crippen molar-refractivity contribution in [1.82, 2.24) is 5.32 Å². The van der Waals surface area contributed by atoms with E-state index >= 15 is 0 Å². The molecule has 0 aliphatic carbocycles. The molecule has 2 rings (SSSR count). The first kappa shape index (κ1) is 15.6. The van der Waals surface area contributed by atoms with Crippen molar-refractivity contribution >= 4 is 21.6 Å². The molecule has 1 aromatic rings. The lowest BCUT2D eigenvalue weighted by Gasteiger charge is -2.41. The fourth-order valence-corrected chi connectivity index (χ4v) is 3.31. The fraction of sp³-hybridized carbons (Fsp3) is 0.625. The van der Waals surface area contributed by atoms with E-state index in [1.807, 2.05) is 6.07 Å². The fourth-order valence-electron chi connectivity index (χ4n) is 2.85. The molecule has 1 aliphatic rings. The van der Waals surface area contributed by atoms with Gasteiger partial charge in [0.2, 0.25) is 0 Å². The van der Waals surface area contributed by atoms with E-state index in [9.17, 15) is 0 Å². The van der Waals surface area contributed by atoms with Crippen LogP contribution in [0.25, 0.3) is 0 Å². The van der Waals surface area contributed by atoms with Gasteiger partial charge in [-0.25, -0.2) is 0 Å². The molecule has 1 N–H and O–H groups in total. The Hall–Kier alpha value is -0.740. The number of nitrogens with one attached hydrogen (secondary N) is 1. The van der Waals surface area contributed by atoms with Crippen molar-refractivity contribution in [1.29, 1.82) is 0 Å². The molecule has 3 nitrogen and oxygen atoms in total. The van der Waals surface area contributed by atoms with Crippen LogP contribution in [0.2, 0.25) is 0 Å². The minimum absolute atomic E-state index is 0.498. The molecule has 2 atom stereocenters. The topological polar surface area (TPSA) is 24.5 Å². The van der Waals surface area contributed by atoms with Crippen LogP contribution >= 0.6 is 15.9 Å². The Kier molecular flexibility index (Phi) is 5.33. The molecule has 20 heavy (non-hydrogen) atoms. The monoisotopic (exact) mass is 340 g/mol. The highest BCUT2D eigenvalue weighted by molar-refractivity contribution is 9.10. The van der Waals surface area contributed by atoms with Crippen LogP contribution in [0.4, 0.5) is 5.69 Å². The second kappa shape index (κ2) is 6.81. The average molecular weight is 341 g/mol. The predicted octanol–water partition coefficient (Wildman–Crippen LogP) is 3.67. The molecular formula is C16H25BrN2O. The molecule has 4 heteroatoms. The smallest absolute Gasteiger partial charge is 0.122 e. The van der Waals surface area contributed by atoms with Gasteiger partial charge in [-0.3, -0.25) is 0 Å². The molecule has 1 aromatic carbocycles. The van der Waals surface area contributed by atoms with Crippen molar-refractivity contribution in [2.75, 3.05) is 25.1 Å². The first-order chi connectivity index (χ1) is 9.49. The van der Waals surface area contributed by atoms with Crippen molar-refractivity contribution in [2.24, 2.45) is 5.92 Å². The van der Waals surface area contributed by atoms with Crippen LogP contribution < -0.4 is 15.0 Å². The Labute approximate surface area is 130 Å². The number of ether oxygens (including phenoxy) is 1. The molecule has 0 bridgehead atoms. The van der Waals surface area contributed by atoms with Gasteiger partial charge >= 0.3 is 0 Å². The zero-order valence-corrected chi connectivity index (χ0v) is 14.4. The molecule has 0 radical (unpaired) electrons. The van der Waals surface area contributed by atoms with Crippen molar-refractivity contribution in [3.8, 4) is 5.75 Å². The van der Waals surface area contributed by atoms with Crippen LogP contribution in [-0.2, 0) is 0 Å². The second-order valence-corrected chi connectivity index (χ2v) is 7.00. The van der Waals surface area contributed by atoms with E-state index in [4.69, 9.17) is 4.74 Å². The van der Waals surface area contributed by atoms with Gasteiger partial charge in [-0.1, -0.05) is 29.8 Å². The Morgan fingerprint density at radius 1 is 1.40 bits per heavy atom. The van der Waals surface area contributed by atoms with Gasteiger partial charge in [0.15, 0.2) is 0 Å². The van der Waals surface area contributed by atoms with Gasteiger partial charge in [0.25, 0.3) is 0 Å². The minimum atomic E-state index is 0.498. The van der Waals surface area contributed by atoms with Crippen LogP contribution in [0.5, 0.6) is 5.75 Å². The highest BCUT2D eigenvalue weighted by atomic mass is 79.9. The molecule has 0 saturated carbocycles. The van der Waals surface area contributed by atoms with Gasteiger partial charge in [-0.15, -0.1) is 0 Å². The number of methoxy groups -OCH3 is 1. The Bertz CT molecular complexity index is 450. The summed E-state index contributed by atoms with van der Waals surface area (Å²) in [4.78, 5) is 2.48. The van der Waals surface area contributed by atoms with E-state index in [-0.39, 0.29) is 0 Å². The quantitative estimate of drug-likeness (QED) is 0.904. The number of benzene rings is 1. The maximum Gasteiger partial charge on any atom is 0.122 e. The van der Waals surface area contributed by atoms with Gasteiger partial charge in [-0.2, -0.15) is 0 Å². The molecule has 0 amide bonds. The number of piperazine rings is 1. The number of halogens is 1. The summed E-state index contributed by atoms with van der Waals surface area (Å²) in [6.45, 7) is 8.93. The van der Waals surface area contributed by atoms with E-state index in [0.29, 0.717) is 12.1 Å². The van der Waals surface area contributed by atoms with Gasteiger partial charge in [0.05, 0.1) is 7.11 Å². The molecule has 1 saturated heterocycles. The van der Waals surface area contributed by atoms with E-state index in [0.717, 1.165) is 29.2 Å². The molecule has 1 aliphatic heterocycles. The normalized spacial score (nSPS) is 23.2. The Morgan fingerprint density at radius 2 is 2.15 bits per heavy atom. The lowest BCUT2D eigenvalue weighted by atomic mass is 9.99. The van der Waals surface area contributed by atoms with Crippen molar-refractivity contribution in [3.63, 3.8) is 0 Å². The summed E-state index contributed by atoms with van der Waals surface area (Å²) in [6, 6.07) is 7.37. The van der Waals surface area contributed by atoms with Gasteiger partial charge in [0.1, 0.15) is 5.75 Å².